The Hall–Kier alpha value is -1.79. The zero-order valence-electron chi connectivity index (χ0n) is 14.5. The van der Waals surface area contributed by atoms with E-state index in [2.05, 4.69) is 15.2 Å². The van der Waals surface area contributed by atoms with Gasteiger partial charge in [-0.3, -0.25) is 9.78 Å². The number of rotatable bonds is 3. The molecule has 5 nitrogen and oxygen atoms in total. The van der Waals surface area contributed by atoms with Gasteiger partial charge in [0, 0.05) is 25.2 Å². The summed E-state index contributed by atoms with van der Waals surface area (Å²) in [5, 5.41) is 3.45. The summed E-state index contributed by atoms with van der Waals surface area (Å²) in [5.41, 5.74) is 1.69. The molecule has 0 atom stereocenters. The average Bonchev–Trinajstić information content (AvgIpc) is 2.63. The Kier molecular flexibility index (Phi) is 4.56. The number of nitrogens with one attached hydrogen (secondary N) is 1. The summed E-state index contributed by atoms with van der Waals surface area (Å²) in [6.45, 7) is 5.87. The highest BCUT2D eigenvalue weighted by Gasteiger charge is 2.35. The van der Waals surface area contributed by atoms with Crippen LogP contribution in [0.5, 0.6) is 0 Å². The lowest BCUT2D eigenvalue weighted by atomic mass is 9.71. The van der Waals surface area contributed by atoms with E-state index < -0.39 is 5.82 Å². The summed E-state index contributed by atoms with van der Waals surface area (Å²) in [6.07, 6.45) is 6.26. The maximum atomic E-state index is 13.6. The van der Waals surface area contributed by atoms with Crippen molar-refractivity contribution in [3.05, 3.63) is 40.6 Å². The summed E-state index contributed by atoms with van der Waals surface area (Å²) < 4.78 is 15.2. The molecule has 0 amide bonds. The summed E-state index contributed by atoms with van der Waals surface area (Å²) in [6, 6.07) is 4.59. The van der Waals surface area contributed by atoms with E-state index >= 15 is 0 Å². The standard InChI is InChI=1S/C19H25FN4O/c20-15-13-17-16(22-14-15)1-2-18(25)24(17)12-11-23-9-5-19(6-10-23)3-7-21-8-4-19/h1-2,13-14,21H,3-12H2. The zero-order chi connectivity index (χ0) is 17.3. The first-order valence-electron chi connectivity index (χ1n) is 9.24. The highest BCUT2D eigenvalue weighted by atomic mass is 19.1. The van der Waals surface area contributed by atoms with Gasteiger partial charge in [0.15, 0.2) is 0 Å². The number of fused-ring (bicyclic) bond motifs is 1. The van der Waals surface area contributed by atoms with E-state index in [0.29, 0.717) is 23.0 Å². The Morgan fingerprint density at radius 2 is 1.88 bits per heavy atom. The van der Waals surface area contributed by atoms with Crippen molar-refractivity contribution < 1.29 is 4.39 Å². The van der Waals surface area contributed by atoms with Crippen molar-refractivity contribution in [2.45, 2.75) is 32.2 Å². The molecule has 0 bridgehead atoms. The van der Waals surface area contributed by atoms with E-state index in [4.69, 9.17) is 0 Å². The van der Waals surface area contributed by atoms with Gasteiger partial charge < -0.3 is 14.8 Å². The Bertz CT molecular complexity index is 803. The van der Waals surface area contributed by atoms with E-state index in [9.17, 15) is 9.18 Å². The molecule has 0 aromatic carbocycles. The number of aromatic nitrogens is 2. The number of hydrogen-bond acceptors (Lipinski definition) is 4. The summed E-state index contributed by atoms with van der Waals surface area (Å²) >= 11 is 0. The molecule has 2 fully saturated rings. The molecule has 25 heavy (non-hydrogen) atoms. The van der Waals surface area contributed by atoms with Crippen LogP contribution in [0.3, 0.4) is 0 Å². The molecule has 0 saturated carbocycles. The van der Waals surface area contributed by atoms with Gasteiger partial charge in [-0.15, -0.1) is 0 Å². The number of hydrogen-bond donors (Lipinski definition) is 1. The van der Waals surface area contributed by atoms with E-state index in [0.717, 1.165) is 32.7 Å². The van der Waals surface area contributed by atoms with Crippen LogP contribution in [-0.2, 0) is 6.54 Å². The molecular weight excluding hydrogens is 319 g/mol. The van der Waals surface area contributed by atoms with Crippen molar-refractivity contribution in [3.8, 4) is 0 Å². The lowest BCUT2D eigenvalue weighted by Gasteiger charge is -2.44. The second-order valence-corrected chi connectivity index (χ2v) is 7.47. The minimum atomic E-state index is -0.405. The molecule has 4 rings (SSSR count). The average molecular weight is 344 g/mol. The molecule has 134 valence electrons. The minimum absolute atomic E-state index is 0.0910. The fourth-order valence-electron chi connectivity index (χ4n) is 4.32. The molecule has 1 spiro atoms. The number of nitrogens with zero attached hydrogens (tertiary/aromatic N) is 3. The van der Waals surface area contributed by atoms with Crippen LogP contribution in [0.25, 0.3) is 11.0 Å². The van der Waals surface area contributed by atoms with Gasteiger partial charge in [0.25, 0.3) is 5.56 Å². The fourth-order valence-corrected chi connectivity index (χ4v) is 4.32. The van der Waals surface area contributed by atoms with Crippen molar-refractivity contribution in [2.24, 2.45) is 5.41 Å². The summed E-state index contributed by atoms with van der Waals surface area (Å²) in [7, 11) is 0. The Balaban J connectivity index is 1.44. The molecule has 2 saturated heterocycles. The third-order valence-electron chi connectivity index (χ3n) is 6.03. The topological polar surface area (TPSA) is 50.2 Å². The van der Waals surface area contributed by atoms with Crippen molar-refractivity contribution in [3.63, 3.8) is 0 Å². The third kappa shape index (κ3) is 3.46. The largest absolute Gasteiger partial charge is 0.317 e. The molecular formula is C19H25FN4O. The number of piperidine rings is 2. The molecule has 0 aliphatic carbocycles. The zero-order valence-corrected chi connectivity index (χ0v) is 14.5. The van der Waals surface area contributed by atoms with Crippen molar-refractivity contribution in [2.75, 3.05) is 32.7 Å². The SMILES string of the molecule is O=c1ccc2ncc(F)cc2n1CCN1CCC2(CCNCC2)CC1. The van der Waals surface area contributed by atoms with Gasteiger partial charge in [-0.05, 0) is 63.3 Å². The van der Waals surface area contributed by atoms with Crippen molar-refractivity contribution >= 4 is 11.0 Å². The van der Waals surface area contributed by atoms with Gasteiger partial charge in [0.1, 0.15) is 5.82 Å². The smallest absolute Gasteiger partial charge is 0.251 e. The van der Waals surface area contributed by atoms with Crippen LogP contribution in [-0.4, -0.2) is 47.2 Å². The van der Waals surface area contributed by atoms with Crippen molar-refractivity contribution in [1.29, 1.82) is 0 Å². The number of pyridine rings is 2. The first-order valence-corrected chi connectivity index (χ1v) is 9.24. The van der Waals surface area contributed by atoms with Crippen LogP contribution in [0.15, 0.2) is 29.2 Å². The third-order valence-corrected chi connectivity index (χ3v) is 6.03. The molecule has 2 aromatic heterocycles. The predicted molar refractivity (Wildman–Crippen MR) is 96.2 cm³/mol. The predicted octanol–water partition coefficient (Wildman–Crippen LogP) is 2.00. The molecule has 2 aliphatic heterocycles. The van der Waals surface area contributed by atoms with Crippen LogP contribution in [0.4, 0.5) is 4.39 Å². The van der Waals surface area contributed by atoms with E-state index in [1.54, 1.807) is 10.6 Å². The van der Waals surface area contributed by atoms with Crippen LogP contribution < -0.4 is 10.9 Å². The van der Waals surface area contributed by atoms with Crippen molar-refractivity contribution in [1.82, 2.24) is 19.8 Å². The Labute approximate surface area is 146 Å². The van der Waals surface area contributed by atoms with Gasteiger partial charge >= 0.3 is 0 Å². The first-order chi connectivity index (χ1) is 12.2. The van der Waals surface area contributed by atoms with E-state index in [-0.39, 0.29) is 5.56 Å². The van der Waals surface area contributed by atoms with Crippen LogP contribution in [0.2, 0.25) is 0 Å². The maximum Gasteiger partial charge on any atom is 0.251 e. The number of halogens is 1. The van der Waals surface area contributed by atoms with Gasteiger partial charge in [-0.25, -0.2) is 4.39 Å². The number of likely N-dealkylation sites (tertiary alicyclic amines) is 1. The van der Waals surface area contributed by atoms with E-state index in [1.807, 2.05) is 0 Å². The van der Waals surface area contributed by atoms with Gasteiger partial charge in [0.05, 0.1) is 17.2 Å². The minimum Gasteiger partial charge on any atom is -0.317 e. The van der Waals surface area contributed by atoms with Gasteiger partial charge in [0.2, 0.25) is 0 Å². The van der Waals surface area contributed by atoms with E-state index in [1.165, 1.54) is 44.0 Å². The van der Waals surface area contributed by atoms with Gasteiger partial charge in [-0.1, -0.05) is 0 Å². The fraction of sp³-hybridized carbons (Fsp3) is 0.579. The first kappa shape index (κ1) is 16.7. The Morgan fingerprint density at radius 3 is 2.64 bits per heavy atom. The highest BCUT2D eigenvalue weighted by Crippen LogP contribution is 2.39. The summed E-state index contributed by atoms with van der Waals surface area (Å²) in [5.74, 6) is -0.405. The van der Waals surface area contributed by atoms with Crippen LogP contribution in [0.1, 0.15) is 25.7 Å². The molecule has 4 heterocycles. The monoisotopic (exact) mass is 344 g/mol. The van der Waals surface area contributed by atoms with Crippen LogP contribution >= 0.6 is 0 Å². The molecule has 6 heteroatoms. The molecule has 2 aliphatic rings. The lowest BCUT2D eigenvalue weighted by Crippen LogP contribution is -2.46. The normalized spacial score (nSPS) is 21.0. The Morgan fingerprint density at radius 1 is 1.12 bits per heavy atom. The molecule has 0 radical (unpaired) electrons. The second-order valence-electron chi connectivity index (χ2n) is 7.47. The summed E-state index contributed by atoms with van der Waals surface area (Å²) in [4.78, 5) is 18.8. The van der Waals surface area contributed by atoms with Crippen LogP contribution in [0, 0.1) is 11.2 Å². The molecule has 2 aromatic rings. The lowest BCUT2D eigenvalue weighted by molar-refractivity contribution is 0.0722. The van der Waals surface area contributed by atoms with Gasteiger partial charge in [-0.2, -0.15) is 0 Å². The maximum absolute atomic E-state index is 13.6. The quantitative estimate of drug-likeness (QED) is 0.925. The second kappa shape index (κ2) is 6.84. The molecule has 1 N–H and O–H groups in total. The highest BCUT2D eigenvalue weighted by molar-refractivity contribution is 5.74. The molecule has 0 unspecified atom stereocenters.